The van der Waals surface area contributed by atoms with Gasteiger partial charge in [-0.2, -0.15) is 0 Å². The highest BCUT2D eigenvalue weighted by Crippen LogP contribution is 2.50. The fraction of sp³-hybridized carbons (Fsp3) is 0.318. The molecule has 25 heavy (non-hydrogen) atoms. The van der Waals surface area contributed by atoms with Crippen LogP contribution >= 0.6 is 0 Å². The summed E-state index contributed by atoms with van der Waals surface area (Å²) in [6, 6.07) is 18.7. The molecular formula is C22H24N2O. The number of amides is 1. The van der Waals surface area contributed by atoms with E-state index in [0.717, 1.165) is 25.8 Å². The molecule has 1 heterocycles. The van der Waals surface area contributed by atoms with Crippen LogP contribution in [0.3, 0.4) is 0 Å². The lowest BCUT2D eigenvalue weighted by molar-refractivity contribution is -0.121. The van der Waals surface area contributed by atoms with Gasteiger partial charge < -0.3 is 9.88 Å². The van der Waals surface area contributed by atoms with Crippen LogP contribution in [0.4, 0.5) is 0 Å². The summed E-state index contributed by atoms with van der Waals surface area (Å²) >= 11 is 0. The third kappa shape index (κ3) is 3.19. The Labute approximate surface area is 148 Å². The van der Waals surface area contributed by atoms with Gasteiger partial charge >= 0.3 is 0 Å². The van der Waals surface area contributed by atoms with Crippen LogP contribution in [0.2, 0.25) is 0 Å². The van der Waals surface area contributed by atoms with Crippen LogP contribution in [-0.4, -0.2) is 17.0 Å². The van der Waals surface area contributed by atoms with Crippen molar-refractivity contribution in [3.63, 3.8) is 0 Å². The van der Waals surface area contributed by atoms with Gasteiger partial charge in [0.15, 0.2) is 0 Å². The number of benzene rings is 2. The van der Waals surface area contributed by atoms with Crippen molar-refractivity contribution >= 4 is 16.8 Å². The van der Waals surface area contributed by atoms with Crippen molar-refractivity contribution in [2.75, 3.05) is 6.54 Å². The lowest BCUT2D eigenvalue weighted by Crippen LogP contribution is -2.32. The zero-order chi connectivity index (χ0) is 17.3. The first kappa shape index (κ1) is 15.9. The number of hydrogen-bond donors (Lipinski definition) is 1. The minimum Gasteiger partial charge on any atom is -0.355 e. The maximum atomic E-state index is 12.3. The van der Waals surface area contributed by atoms with E-state index >= 15 is 0 Å². The molecular weight excluding hydrogens is 308 g/mol. The van der Waals surface area contributed by atoms with Crippen molar-refractivity contribution in [3.05, 3.63) is 71.9 Å². The summed E-state index contributed by atoms with van der Waals surface area (Å²) < 4.78 is 2.20. The SMILES string of the molecule is Cn1cc(C2(CNC(=O)CCc3ccccc3)CC2)c2ccccc21. The zero-order valence-corrected chi connectivity index (χ0v) is 14.7. The van der Waals surface area contributed by atoms with Gasteiger partial charge in [0.25, 0.3) is 0 Å². The second-order valence-corrected chi connectivity index (χ2v) is 7.21. The molecule has 3 heteroatoms. The molecule has 128 valence electrons. The van der Waals surface area contributed by atoms with Crippen molar-refractivity contribution in [2.24, 2.45) is 7.05 Å². The Morgan fingerprint density at radius 3 is 2.56 bits per heavy atom. The number of carbonyl (C=O) groups is 1. The van der Waals surface area contributed by atoms with Crippen molar-refractivity contribution in [2.45, 2.75) is 31.1 Å². The molecule has 0 unspecified atom stereocenters. The van der Waals surface area contributed by atoms with Crippen molar-refractivity contribution < 1.29 is 4.79 Å². The summed E-state index contributed by atoms with van der Waals surface area (Å²) in [5.41, 5.74) is 3.99. The van der Waals surface area contributed by atoms with E-state index in [4.69, 9.17) is 0 Å². The highest BCUT2D eigenvalue weighted by atomic mass is 16.1. The highest BCUT2D eigenvalue weighted by molar-refractivity contribution is 5.86. The molecule has 1 N–H and O–H groups in total. The molecule has 0 aliphatic heterocycles. The Balaban J connectivity index is 1.41. The molecule has 3 aromatic rings. The summed E-state index contributed by atoms with van der Waals surface area (Å²) in [5.74, 6) is 0.148. The van der Waals surface area contributed by atoms with E-state index in [1.54, 1.807) is 0 Å². The topological polar surface area (TPSA) is 34.0 Å². The molecule has 1 aliphatic rings. The largest absolute Gasteiger partial charge is 0.355 e. The normalized spacial score (nSPS) is 15.2. The minimum atomic E-state index is 0.128. The Bertz CT molecular complexity index is 891. The summed E-state index contributed by atoms with van der Waals surface area (Å²) in [5, 5.41) is 4.50. The number of para-hydroxylation sites is 1. The summed E-state index contributed by atoms with van der Waals surface area (Å²) in [6.07, 6.45) is 5.90. The van der Waals surface area contributed by atoms with E-state index < -0.39 is 0 Å². The molecule has 1 fully saturated rings. The molecule has 0 radical (unpaired) electrons. The van der Waals surface area contributed by atoms with Crippen molar-refractivity contribution in [1.82, 2.24) is 9.88 Å². The Kier molecular flexibility index (Phi) is 4.08. The second-order valence-electron chi connectivity index (χ2n) is 7.21. The van der Waals surface area contributed by atoms with Gasteiger partial charge in [0.05, 0.1) is 0 Å². The average molecular weight is 332 g/mol. The molecule has 4 rings (SSSR count). The zero-order valence-electron chi connectivity index (χ0n) is 14.7. The molecule has 0 saturated heterocycles. The van der Waals surface area contributed by atoms with Crippen molar-refractivity contribution in [1.29, 1.82) is 0 Å². The Hall–Kier alpha value is -2.55. The number of nitrogens with zero attached hydrogens (tertiary/aromatic N) is 1. The predicted octanol–water partition coefficient (Wildman–Crippen LogP) is 3.96. The molecule has 1 amide bonds. The van der Waals surface area contributed by atoms with Gasteiger partial charge in [0, 0.05) is 42.5 Å². The number of hydrogen-bond acceptors (Lipinski definition) is 1. The molecule has 1 aliphatic carbocycles. The van der Waals surface area contributed by atoms with E-state index in [1.165, 1.54) is 22.0 Å². The first-order valence-electron chi connectivity index (χ1n) is 9.03. The fourth-order valence-electron chi connectivity index (χ4n) is 3.72. The Morgan fingerprint density at radius 1 is 1.08 bits per heavy atom. The number of rotatable bonds is 6. The number of fused-ring (bicyclic) bond motifs is 1. The first-order chi connectivity index (χ1) is 12.2. The standard InChI is InChI=1S/C22H24N2O/c1-24-15-19(18-9-5-6-10-20(18)24)22(13-14-22)16-23-21(25)12-11-17-7-3-2-4-8-17/h2-10,15H,11-14,16H2,1H3,(H,23,25). The van der Waals surface area contributed by atoms with Gasteiger partial charge in [0.1, 0.15) is 0 Å². The molecule has 3 nitrogen and oxygen atoms in total. The van der Waals surface area contributed by atoms with Crippen LogP contribution < -0.4 is 5.32 Å². The molecule has 0 atom stereocenters. The average Bonchev–Trinajstić information content (AvgIpc) is 3.37. The van der Waals surface area contributed by atoms with Gasteiger partial charge in [-0.1, -0.05) is 48.5 Å². The summed E-state index contributed by atoms with van der Waals surface area (Å²) in [6.45, 7) is 0.745. The number of nitrogens with one attached hydrogen (secondary N) is 1. The van der Waals surface area contributed by atoms with E-state index in [1.807, 2.05) is 18.2 Å². The van der Waals surface area contributed by atoms with Gasteiger partial charge in [-0.15, -0.1) is 0 Å². The van der Waals surface area contributed by atoms with E-state index in [9.17, 15) is 4.79 Å². The summed E-state index contributed by atoms with van der Waals surface area (Å²) in [4.78, 5) is 12.3. The fourth-order valence-corrected chi connectivity index (χ4v) is 3.72. The first-order valence-corrected chi connectivity index (χ1v) is 9.03. The number of aryl methyl sites for hydroxylation is 2. The highest BCUT2D eigenvalue weighted by Gasteiger charge is 2.46. The lowest BCUT2D eigenvalue weighted by atomic mass is 9.95. The van der Waals surface area contributed by atoms with Crippen molar-refractivity contribution in [3.8, 4) is 0 Å². The van der Waals surface area contributed by atoms with Crippen LogP contribution in [0.1, 0.15) is 30.4 Å². The van der Waals surface area contributed by atoms with Crippen LogP contribution in [0.5, 0.6) is 0 Å². The summed E-state index contributed by atoms with van der Waals surface area (Å²) in [7, 11) is 2.10. The minimum absolute atomic E-state index is 0.128. The third-order valence-electron chi connectivity index (χ3n) is 5.43. The number of aromatic nitrogens is 1. The van der Waals surface area contributed by atoms with Crippen LogP contribution in [0, 0.1) is 0 Å². The molecule has 0 bridgehead atoms. The quantitative estimate of drug-likeness (QED) is 0.728. The van der Waals surface area contributed by atoms with Crippen LogP contribution in [0.25, 0.3) is 10.9 Å². The van der Waals surface area contributed by atoms with E-state index in [0.29, 0.717) is 6.42 Å². The third-order valence-corrected chi connectivity index (χ3v) is 5.43. The second kappa shape index (κ2) is 6.40. The van der Waals surface area contributed by atoms with Gasteiger partial charge in [0.2, 0.25) is 5.91 Å². The van der Waals surface area contributed by atoms with Crippen LogP contribution in [-0.2, 0) is 23.7 Å². The molecule has 1 aromatic heterocycles. The predicted molar refractivity (Wildman–Crippen MR) is 102 cm³/mol. The number of carbonyl (C=O) groups excluding carboxylic acids is 1. The molecule has 1 saturated carbocycles. The monoisotopic (exact) mass is 332 g/mol. The molecule has 0 spiro atoms. The smallest absolute Gasteiger partial charge is 0.220 e. The molecule has 2 aromatic carbocycles. The maximum Gasteiger partial charge on any atom is 0.220 e. The van der Waals surface area contributed by atoms with Gasteiger partial charge in [-0.25, -0.2) is 0 Å². The van der Waals surface area contributed by atoms with Gasteiger partial charge in [-0.3, -0.25) is 4.79 Å². The van der Waals surface area contributed by atoms with E-state index in [2.05, 4.69) is 59.5 Å². The Morgan fingerprint density at radius 2 is 1.80 bits per heavy atom. The maximum absolute atomic E-state index is 12.3. The van der Waals surface area contributed by atoms with Crippen LogP contribution in [0.15, 0.2) is 60.8 Å². The van der Waals surface area contributed by atoms with E-state index in [-0.39, 0.29) is 11.3 Å². The van der Waals surface area contributed by atoms with Gasteiger partial charge in [-0.05, 0) is 36.5 Å². The lowest BCUT2D eigenvalue weighted by Gasteiger charge is -2.16.